The number of carboxylic acids is 1. The SMILES string of the molecule is O=[S+]C(O)C(=O)O.[Zn]. The molecule has 0 heterocycles. The fraction of sp³-hybridized carbons (Fsp3) is 0.500. The molecule has 0 aliphatic rings. The molecule has 4 nitrogen and oxygen atoms in total. The molecule has 6 heteroatoms. The molecule has 1 unspecified atom stereocenters. The monoisotopic (exact) mass is 187 g/mol. The predicted octanol–water partition coefficient (Wildman–Crippen LogP) is -1.18. The van der Waals surface area contributed by atoms with E-state index in [1.807, 2.05) is 0 Å². The Bertz CT molecular complexity index is 94.0. The van der Waals surface area contributed by atoms with Crippen molar-refractivity contribution in [1.29, 1.82) is 0 Å². The minimum Gasteiger partial charge on any atom is -0.475 e. The van der Waals surface area contributed by atoms with Crippen LogP contribution < -0.4 is 0 Å². The molecule has 0 aromatic carbocycles. The number of aliphatic hydroxyl groups is 1. The fourth-order valence-corrected chi connectivity index (χ4v) is 0.123. The van der Waals surface area contributed by atoms with Gasteiger partial charge in [0.2, 0.25) is 0 Å². The van der Waals surface area contributed by atoms with Gasteiger partial charge in [0, 0.05) is 23.7 Å². The molecule has 0 bridgehead atoms. The van der Waals surface area contributed by atoms with Gasteiger partial charge in [-0.15, -0.1) is 0 Å². The number of hydrogen-bond acceptors (Lipinski definition) is 3. The van der Waals surface area contributed by atoms with Crippen molar-refractivity contribution >= 4 is 17.6 Å². The molecule has 0 aliphatic heterocycles. The summed E-state index contributed by atoms with van der Waals surface area (Å²) in [4.78, 5) is 9.46. The van der Waals surface area contributed by atoms with E-state index in [1.165, 1.54) is 0 Å². The van der Waals surface area contributed by atoms with Crippen LogP contribution in [0.4, 0.5) is 0 Å². The smallest absolute Gasteiger partial charge is 0.475 e. The van der Waals surface area contributed by atoms with Crippen molar-refractivity contribution in [2.45, 2.75) is 5.44 Å². The van der Waals surface area contributed by atoms with Crippen LogP contribution in [0.1, 0.15) is 0 Å². The van der Waals surface area contributed by atoms with E-state index in [1.54, 1.807) is 0 Å². The largest absolute Gasteiger partial charge is 0.506 e. The molecule has 0 aromatic rings. The van der Waals surface area contributed by atoms with E-state index >= 15 is 0 Å². The van der Waals surface area contributed by atoms with Gasteiger partial charge >= 0.3 is 23.1 Å². The molecule has 0 aromatic heterocycles. The first kappa shape index (κ1) is 11.0. The summed E-state index contributed by atoms with van der Waals surface area (Å²) in [7, 11) is 0. The van der Waals surface area contributed by atoms with Gasteiger partial charge in [0.1, 0.15) is 0 Å². The van der Waals surface area contributed by atoms with Crippen LogP contribution >= 0.6 is 0 Å². The Morgan fingerprint density at radius 1 is 1.62 bits per heavy atom. The van der Waals surface area contributed by atoms with Gasteiger partial charge in [0.05, 0.1) is 0 Å². The van der Waals surface area contributed by atoms with E-state index in [9.17, 15) is 9.00 Å². The number of aliphatic carboxylic acids is 1. The van der Waals surface area contributed by atoms with Gasteiger partial charge in [-0.3, -0.25) is 0 Å². The Labute approximate surface area is 62.1 Å². The maximum atomic E-state index is 9.46. The van der Waals surface area contributed by atoms with Crippen LogP contribution in [0, 0.1) is 0 Å². The van der Waals surface area contributed by atoms with Gasteiger partial charge in [-0.05, 0) is 0 Å². The normalized spacial score (nSPS) is 11.1. The minimum absolute atomic E-state index is 0. The van der Waals surface area contributed by atoms with Crippen LogP contribution in [0.3, 0.4) is 0 Å². The molecule has 0 saturated carbocycles. The number of rotatable bonds is 2. The summed E-state index contributed by atoms with van der Waals surface area (Å²) in [5.74, 6) is -1.50. The van der Waals surface area contributed by atoms with E-state index in [-0.39, 0.29) is 31.1 Å². The summed E-state index contributed by atoms with van der Waals surface area (Å²) in [6, 6.07) is 0. The predicted molar refractivity (Wildman–Crippen MR) is 21.7 cm³/mol. The van der Waals surface area contributed by atoms with Crippen molar-refractivity contribution in [1.82, 2.24) is 0 Å². The average Bonchev–Trinajstić information content (AvgIpc) is 1.65. The van der Waals surface area contributed by atoms with Crippen LogP contribution in [0.5, 0.6) is 0 Å². The van der Waals surface area contributed by atoms with Gasteiger partial charge in [-0.2, -0.15) is 0 Å². The van der Waals surface area contributed by atoms with E-state index < -0.39 is 11.4 Å². The number of aliphatic hydroxyl groups excluding tert-OH is 1. The number of carboxylic acid groups (broad SMARTS) is 1. The Balaban J connectivity index is 0. The summed E-state index contributed by atoms with van der Waals surface area (Å²) in [6.07, 6.45) is 0. The first-order chi connectivity index (χ1) is 3.18. The molecule has 0 aliphatic carbocycles. The second-order valence-electron chi connectivity index (χ2n) is 0.787. The minimum atomic E-state index is -1.82. The summed E-state index contributed by atoms with van der Waals surface area (Å²) >= 11 is -0.361. The van der Waals surface area contributed by atoms with Crippen LogP contribution in [0.25, 0.3) is 0 Å². The third-order valence-corrected chi connectivity index (χ3v) is 0.686. The van der Waals surface area contributed by atoms with Crippen molar-refractivity contribution in [2.24, 2.45) is 0 Å². The quantitative estimate of drug-likeness (QED) is 0.325. The topological polar surface area (TPSA) is 74.6 Å². The molecule has 0 radical (unpaired) electrons. The van der Waals surface area contributed by atoms with E-state index in [0.29, 0.717) is 0 Å². The van der Waals surface area contributed by atoms with Crippen molar-refractivity contribution in [3.05, 3.63) is 0 Å². The number of carbonyl (C=O) groups is 1. The fourth-order valence-electron chi connectivity index (χ4n) is 0.0412. The molecule has 42 valence electrons. The Morgan fingerprint density at radius 2 is 2.00 bits per heavy atom. The van der Waals surface area contributed by atoms with Crippen LogP contribution in [-0.2, 0) is 40.1 Å². The third-order valence-electron chi connectivity index (χ3n) is 0.302. The zero-order valence-electron chi connectivity index (χ0n) is 3.90. The second kappa shape index (κ2) is 5.21. The second-order valence-corrected chi connectivity index (χ2v) is 1.43. The van der Waals surface area contributed by atoms with Gasteiger partial charge in [0.15, 0.2) is 0 Å². The molecule has 0 fully saturated rings. The Hall–Kier alpha value is 0.0734. The standard InChI is InChI=1S/C2H2O4S.Zn/c3-1(4)2(5)7-6;/h2,5H;/p+1. The molecule has 1 atom stereocenters. The van der Waals surface area contributed by atoms with Crippen molar-refractivity contribution < 1.29 is 38.7 Å². The van der Waals surface area contributed by atoms with Crippen LogP contribution in [0.2, 0.25) is 0 Å². The van der Waals surface area contributed by atoms with Crippen molar-refractivity contribution in [2.75, 3.05) is 0 Å². The van der Waals surface area contributed by atoms with E-state index in [2.05, 4.69) is 0 Å². The molecule has 0 rings (SSSR count). The summed E-state index contributed by atoms with van der Waals surface area (Å²) in [5.41, 5.74) is -1.82. The van der Waals surface area contributed by atoms with E-state index in [0.717, 1.165) is 0 Å². The maximum Gasteiger partial charge on any atom is 0.506 e. The summed E-state index contributed by atoms with van der Waals surface area (Å²) < 4.78 is 9.36. The third kappa shape index (κ3) is 4.24. The Kier molecular flexibility index (Phi) is 7.14. The molecule has 0 saturated heterocycles. The van der Waals surface area contributed by atoms with Gasteiger partial charge < -0.3 is 10.2 Å². The first-order valence-corrected chi connectivity index (χ1v) is 2.18. The molecular formula is C2H3O4SZn+. The summed E-state index contributed by atoms with van der Waals surface area (Å²) in [5, 5.41) is 15.7. The van der Waals surface area contributed by atoms with Crippen LogP contribution in [0.15, 0.2) is 0 Å². The van der Waals surface area contributed by atoms with Gasteiger partial charge in [-0.25, -0.2) is 4.79 Å². The zero-order chi connectivity index (χ0) is 5.86. The molecule has 0 amide bonds. The molecular weight excluding hydrogens is 185 g/mol. The summed E-state index contributed by atoms with van der Waals surface area (Å²) in [6.45, 7) is 0. The molecule has 8 heavy (non-hydrogen) atoms. The molecule has 2 N–H and O–H groups in total. The Morgan fingerprint density at radius 3 is 2.00 bits per heavy atom. The zero-order valence-corrected chi connectivity index (χ0v) is 7.69. The first-order valence-electron chi connectivity index (χ1n) is 1.38. The van der Waals surface area contributed by atoms with Crippen molar-refractivity contribution in [3.63, 3.8) is 0 Å². The molecule has 0 spiro atoms. The van der Waals surface area contributed by atoms with Gasteiger partial charge in [0.25, 0.3) is 0 Å². The number of hydrogen-bond donors (Lipinski definition) is 2. The average molecular weight is 188 g/mol. The van der Waals surface area contributed by atoms with Crippen LogP contribution in [-0.4, -0.2) is 21.6 Å². The van der Waals surface area contributed by atoms with Crippen molar-refractivity contribution in [3.8, 4) is 0 Å². The maximum absolute atomic E-state index is 9.46. The van der Waals surface area contributed by atoms with E-state index in [4.69, 9.17) is 10.2 Å². The van der Waals surface area contributed by atoms with Gasteiger partial charge in [-0.1, -0.05) is 0 Å².